The van der Waals surface area contributed by atoms with Crippen LogP contribution in [0.25, 0.3) is 17.2 Å². The minimum Gasteiger partial charge on any atom is -0.390 e. The molecule has 286 valence electrons. The molecule has 4 bridgehead atoms. The standard InChI is InChI=1S/C40H48N6O7S/c1-5-25-22-40(25,37(49)45-54(51,52)27-16-17-27)43-35(47)32-21-26-23-46(32)36(48)34(39(2,3)4)42-38(50)41-19-11-7-6-8-12-24-15-18-29-28-13-9-10-14-30(28)33(44-53-26)31(29)20-24/h5,8-10,12-15,18,20,25-27,32,34H,1,6-7,11,16-17,19,21-23H2,2-4H3,(H,43,47)(H,45,49)(H2,41,42,50)/b12-8+,44-33-/t25-,26?,32?,34-,40?/m1/s1. The van der Waals surface area contributed by atoms with Gasteiger partial charge in [-0.25, -0.2) is 13.2 Å². The Morgan fingerprint density at radius 3 is 2.50 bits per heavy atom. The van der Waals surface area contributed by atoms with Crippen LogP contribution in [0.5, 0.6) is 0 Å². The van der Waals surface area contributed by atoms with Crippen molar-refractivity contribution >= 4 is 45.6 Å². The number of oxime groups is 1. The van der Waals surface area contributed by atoms with Gasteiger partial charge in [0.2, 0.25) is 21.8 Å². The predicted octanol–water partition coefficient (Wildman–Crippen LogP) is 3.99. The highest BCUT2D eigenvalue weighted by Crippen LogP contribution is 2.46. The molecule has 7 rings (SSSR count). The van der Waals surface area contributed by atoms with Gasteiger partial charge < -0.3 is 25.7 Å². The number of urea groups is 1. The zero-order valence-electron chi connectivity index (χ0n) is 30.9. The minimum absolute atomic E-state index is 0.0268. The van der Waals surface area contributed by atoms with Crippen LogP contribution >= 0.6 is 0 Å². The van der Waals surface area contributed by atoms with Crippen LogP contribution in [0.4, 0.5) is 4.79 Å². The molecule has 54 heavy (non-hydrogen) atoms. The number of carbonyl (C=O) groups is 4. The smallest absolute Gasteiger partial charge is 0.315 e. The second kappa shape index (κ2) is 14.3. The van der Waals surface area contributed by atoms with Gasteiger partial charge in [-0.15, -0.1) is 6.58 Å². The number of benzene rings is 2. The summed E-state index contributed by atoms with van der Waals surface area (Å²) in [5.74, 6) is -2.48. The lowest BCUT2D eigenvalue weighted by Gasteiger charge is -2.35. The van der Waals surface area contributed by atoms with E-state index in [9.17, 15) is 27.6 Å². The van der Waals surface area contributed by atoms with E-state index >= 15 is 0 Å². The fourth-order valence-corrected chi connectivity index (χ4v) is 8.95. The summed E-state index contributed by atoms with van der Waals surface area (Å²) in [6.07, 6.45) is 8.49. The molecule has 3 aliphatic carbocycles. The molecule has 2 aliphatic heterocycles. The molecule has 5 amide bonds. The molecule has 14 heteroatoms. The molecule has 0 radical (unpaired) electrons. The first kappa shape index (κ1) is 37.3. The first-order valence-corrected chi connectivity index (χ1v) is 20.3. The third-order valence-corrected chi connectivity index (χ3v) is 12.8. The van der Waals surface area contributed by atoms with Crippen molar-refractivity contribution in [3.8, 4) is 11.1 Å². The van der Waals surface area contributed by atoms with Crippen LogP contribution in [0.3, 0.4) is 0 Å². The summed E-state index contributed by atoms with van der Waals surface area (Å²) in [6.45, 7) is 9.66. The van der Waals surface area contributed by atoms with Crippen LogP contribution in [-0.4, -0.2) is 84.8 Å². The summed E-state index contributed by atoms with van der Waals surface area (Å²) in [4.78, 5) is 63.1. The molecule has 0 aromatic heterocycles. The number of hydrogen-bond donors (Lipinski definition) is 4. The summed E-state index contributed by atoms with van der Waals surface area (Å²) in [7, 11) is -3.89. The van der Waals surface area contributed by atoms with Gasteiger partial charge in [-0.3, -0.25) is 19.1 Å². The Balaban J connectivity index is 1.22. The summed E-state index contributed by atoms with van der Waals surface area (Å²) in [5.41, 5.74) is 3.21. The van der Waals surface area contributed by atoms with E-state index < -0.39 is 74.1 Å². The van der Waals surface area contributed by atoms with Crippen molar-refractivity contribution < 1.29 is 32.4 Å². The monoisotopic (exact) mass is 756 g/mol. The first-order valence-electron chi connectivity index (χ1n) is 18.7. The van der Waals surface area contributed by atoms with Crippen molar-refractivity contribution in [2.24, 2.45) is 16.5 Å². The molecule has 2 aromatic carbocycles. The lowest BCUT2D eigenvalue weighted by molar-refractivity contribution is -0.142. The molecule has 5 aliphatic rings. The molecule has 3 fully saturated rings. The number of fused-ring (bicyclic) bond motifs is 6. The number of amides is 5. The van der Waals surface area contributed by atoms with E-state index in [1.54, 1.807) is 0 Å². The van der Waals surface area contributed by atoms with Crippen LogP contribution in [-0.2, 0) is 29.2 Å². The lowest BCUT2D eigenvalue weighted by Crippen LogP contribution is -2.61. The van der Waals surface area contributed by atoms with E-state index in [1.165, 1.54) is 11.0 Å². The number of nitrogens with zero attached hydrogens (tertiary/aromatic N) is 2. The van der Waals surface area contributed by atoms with Crippen LogP contribution < -0.4 is 20.7 Å². The number of nitrogens with one attached hydrogen (secondary N) is 4. The number of rotatable bonds is 6. The third-order valence-electron chi connectivity index (χ3n) is 10.9. The largest absolute Gasteiger partial charge is 0.390 e. The zero-order valence-corrected chi connectivity index (χ0v) is 31.7. The highest BCUT2D eigenvalue weighted by Gasteiger charge is 2.62. The van der Waals surface area contributed by atoms with E-state index in [4.69, 9.17) is 4.84 Å². The average Bonchev–Trinajstić information content (AvgIpc) is 4.04. The first-order chi connectivity index (χ1) is 25.7. The quantitative estimate of drug-likeness (QED) is 0.275. The molecule has 2 aromatic rings. The van der Waals surface area contributed by atoms with Gasteiger partial charge in [-0.05, 0) is 66.7 Å². The van der Waals surface area contributed by atoms with Gasteiger partial charge in [0.1, 0.15) is 29.4 Å². The normalized spacial score (nSPS) is 28.6. The topological polar surface area (TPSA) is 175 Å². The number of carbonyl (C=O) groups excluding carboxylic acids is 4. The summed E-state index contributed by atoms with van der Waals surface area (Å²) in [5, 5.41) is 12.6. The molecule has 5 atom stereocenters. The van der Waals surface area contributed by atoms with Crippen LogP contribution in [0.1, 0.15) is 82.4 Å². The Hall–Kier alpha value is -4.98. The van der Waals surface area contributed by atoms with Crippen molar-refractivity contribution in [3.05, 3.63) is 77.9 Å². The highest BCUT2D eigenvalue weighted by atomic mass is 32.2. The van der Waals surface area contributed by atoms with Crippen LogP contribution in [0.15, 0.2) is 66.4 Å². The summed E-state index contributed by atoms with van der Waals surface area (Å²) < 4.78 is 27.6. The second-order valence-electron chi connectivity index (χ2n) is 16.0. The minimum atomic E-state index is -3.89. The fraction of sp³-hybridized carbons (Fsp3) is 0.475. The molecule has 4 N–H and O–H groups in total. The van der Waals surface area contributed by atoms with Crippen molar-refractivity contribution in [3.63, 3.8) is 0 Å². The van der Waals surface area contributed by atoms with Crippen molar-refractivity contribution in [1.82, 2.24) is 25.6 Å². The van der Waals surface area contributed by atoms with Crippen LogP contribution in [0, 0.1) is 11.3 Å². The van der Waals surface area contributed by atoms with E-state index in [1.807, 2.05) is 45.0 Å². The van der Waals surface area contributed by atoms with E-state index in [0.29, 0.717) is 25.1 Å². The lowest BCUT2D eigenvalue weighted by atomic mass is 9.85. The molecule has 1 saturated heterocycles. The molecule has 2 saturated carbocycles. The molecule has 0 spiro atoms. The Bertz CT molecular complexity index is 2050. The maximum absolute atomic E-state index is 14.5. The zero-order chi connectivity index (χ0) is 38.4. The van der Waals surface area contributed by atoms with Gasteiger partial charge >= 0.3 is 6.03 Å². The second-order valence-corrected chi connectivity index (χ2v) is 18.0. The number of hydrogen-bond acceptors (Lipinski definition) is 8. The van der Waals surface area contributed by atoms with Gasteiger partial charge in [0.15, 0.2) is 0 Å². The Morgan fingerprint density at radius 1 is 1.06 bits per heavy atom. The van der Waals surface area contributed by atoms with Crippen molar-refractivity contribution in [2.75, 3.05) is 13.1 Å². The van der Waals surface area contributed by atoms with Gasteiger partial charge in [-0.1, -0.05) is 80.6 Å². The molecular weight excluding hydrogens is 709 g/mol. The predicted molar refractivity (Wildman–Crippen MR) is 204 cm³/mol. The molecular formula is C40H48N6O7S. The molecule has 2 heterocycles. The Labute approximate surface area is 316 Å². The average molecular weight is 757 g/mol. The third kappa shape index (κ3) is 7.40. The van der Waals surface area contributed by atoms with E-state index in [2.05, 4.69) is 62.8 Å². The van der Waals surface area contributed by atoms with Crippen LogP contribution in [0.2, 0.25) is 0 Å². The number of allylic oxidation sites excluding steroid dienone is 1. The van der Waals surface area contributed by atoms with Crippen molar-refractivity contribution in [1.29, 1.82) is 0 Å². The maximum atomic E-state index is 14.5. The molecule has 3 unspecified atom stereocenters. The Morgan fingerprint density at radius 2 is 1.80 bits per heavy atom. The Kier molecular flexibility index (Phi) is 9.92. The molecule has 13 nitrogen and oxygen atoms in total. The highest BCUT2D eigenvalue weighted by molar-refractivity contribution is 7.91. The van der Waals surface area contributed by atoms with Crippen molar-refractivity contribution in [2.45, 2.75) is 94.7 Å². The van der Waals surface area contributed by atoms with Gasteiger partial charge in [0.25, 0.3) is 5.91 Å². The van der Waals surface area contributed by atoms with Gasteiger partial charge in [0, 0.05) is 30.0 Å². The maximum Gasteiger partial charge on any atom is 0.315 e. The summed E-state index contributed by atoms with van der Waals surface area (Å²) >= 11 is 0. The number of sulfonamides is 1. The fourth-order valence-electron chi connectivity index (χ4n) is 7.58. The summed E-state index contributed by atoms with van der Waals surface area (Å²) in [6, 6.07) is 11.5. The van der Waals surface area contributed by atoms with Gasteiger partial charge in [0.05, 0.1) is 11.8 Å². The van der Waals surface area contributed by atoms with Gasteiger partial charge in [-0.2, -0.15) is 0 Å². The van der Waals surface area contributed by atoms with E-state index in [0.717, 1.165) is 47.1 Å². The SMILES string of the molecule is C=C[C@@H]1CC1(NC(=O)C1CC2CN1C(=O)[C@H](C(C)(C)C)NC(=O)NCCCC/C=C/c1ccc3c(c1)/C(=N\O2)c1ccccc1-3)C(=O)NS(=O)(=O)C1CC1. The van der Waals surface area contributed by atoms with E-state index in [-0.39, 0.29) is 19.4 Å².